The normalized spacial score (nSPS) is 23.5. The second-order valence-electron chi connectivity index (χ2n) is 5.88. The number of hydrogen-bond acceptors (Lipinski definition) is 1. The average molecular weight is 340 g/mol. The molecule has 1 saturated carbocycles. The topological polar surface area (TPSA) is 20.3 Å². The summed E-state index contributed by atoms with van der Waals surface area (Å²) in [6.45, 7) is 0.773. The molecule has 1 saturated heterocycles. The first-order valence-corrected chi connectivity index (χ1v) is 8.22. The van der Waals surface area contributed by atoms with E-state index in [1.165, 1.54) is 31.7 Å². The average Bonchev–Trinajstić information content (AvgIpc) is 3.09. The van der Waals surface area contributed by atoms with Gasteiger partial charge in [-0.25, -0.2) is 4.39 Å². The molecular weight excluding hydrogens is 321 g/mol. The number of carbonyl (C=O) groups excluding carboxylic acids is 1. The molecule has 1 heterocycles. The molecule has 0 radical (unpaired) electrons. The van der Waals surface area contributed by atoms with Crippen LogP contribution in [0.1, 0.15) is 48.9 Å². The Hall–Kier alpha value is -0.900. The van der Waals surface area contributed by atoms with Crippen LogP contribution in [0.4, 0.5) is 4.39 Å². The number of hydrogen-bond donors (Lipinski definition) is 0. The van der Waals surface area contributed by atoms with Gasteiger partial charge in [-0.3, -0.25) is 4.79 Å². The molecule has 0 spiro atoms. The Balaban J connectivity index is 1.81. The lowest BCUT2D eigenvalue weighted by molar-refractivity contribution is 0.0684. The number of carbonyl (C=O) groups is 1. The van der Waals surface area contributed by atoms with Crippen LogP contribution in [0.15, 0.2) is 22.7 Å². The van der Waals surface area contributed by atoms with Crippen LogP contribution in [0, 0.1) is 11.7 Å². The fraction of sp³-hybridized carbons (Fsp3) is 0.562. The lowest BCUT2D eigenvalue weighted by Gasteiger charge is -2.29. The molecule has 4 heteroatoms. The van der Waals surface area contributed by atoms with E-state index in [4.69, 9.17) is 0 Å². The summed E-state index contributed by atoms with van der Waals surface area (Å²) in [4.78, 5) is 14.5. The molecule has 2 fully saturated rings. The highest BCUT2D eigenvalue weighted by molar-refractivity contribution is 9.10. The van der Waals surface area contributed by atoms with Gasteiger partial charge in [0.15, 0.2) is 0 Å². The van der Waals surface area contributed by atoms with Crippen LogP contribution >= 0.6 is 15.9 Å². The number of rotatable bonds is 2. The van der Waals surface area contributed by atoms with Crippen molar-refractivity contribution in [2.45, 2.75) is 44.6 Å². The molecule has 1 aliphatic carbocycles. The molecule has 0 bridgehead atoms. The third kappa shape index (κ3) is 2.62. The minimum Gasteiger partial charge on any atom is -0.335 e. The monoisotopic (exact) mass is 339 g/mol. The van der Waals surface area contributed by atoms with Gasteiger partial charge >= 0.3 is 0 Å². The molecule has 1 unspecified atom stereocenters. The first-order valence-electron chi connectivity index (χ1n) is 7.43. The Morgan fingerprint density at radius 2 is 1.95 bits per heavy atom. The quantitative estimate of drug-likeness (QED) is 0.782. The largest absolute Gasteiger partial charge is 0.335 e. The van der Waals surface area contributed by atoms with Crippen molar-refractivity contribution in [1.82, 2.24) is 4.90 Å². The second kappa shape index (κ2) is 5.84. The van der Waals surface area contributed by atoms with E-state index in [1.807, 2.05) is 4.90 Å². The van der Waals surface area contributed by atoms with Crippen molar-refractivity contribution in [2.24, 2.45) is 5.92 Å². The van der Waals surface area contributed by atoms with E-state index in [-0.39, 0.29) is 11.5 Å². The molecule has 1 atom stereocenters. The summed E-state index contributed by atoms with van der Waals surface area (Å²) < 4.78 is 14.6. The Labute approximate surface area is 127 Å². The van der Waals surface area contributed by atoms with Crippen LogP contribution in [0.2, 0.25) is 0 Å². The van der Waals surface area contributed by atoms with E-state index in [1.54, 1.807) is 12.1 Å². The lowest BCUT2D eigenvalue weighted by Crippen LogP contribution is -2.39. The molecule has 2 aliphatic rings. The van der Waals surface area contributed by atoms with Crippen LogP contribution in [-0.4, -0.2) is 23.4 Å². The van der Waals surface area contributed by atoms with E-state index >= 15 is 0 Å². The van der Waals surface area contributed by atoms with Gasteiger partial charge in [0.1, 0.15) is 5.82 Å². The smallest absolute Gasteiger partial charge is 0.257 e. The van der Waals surface area contributed by atoms with Crippen molar-refractivity contribution in [1.29, 1.82) is 0 Å². The minimum atomic E-state index is -0.429. The molecule has 1 amide bonds. The predicted molar refractivity (Wildman–Crippen MR) is 80.1 cm³/mol. The van der Waals surface area contributed by atoms with E-state index in [0.717, 1.165) is 19.4 Å². The van der Waals surface area contributed by atoms with Gasteiger partial charge in [0.05, 0.1) is 5.56 Å². The van der Waals surface area contributed by atoms with E-state index in [9.17, 15) is 9.18 Å². The number of nitrogens with zero attached hydrogens (tertiary/aromatic N) is 1. The number of likely N-dealkylation sites (tertiary alicyclic amines) is 1. The third-order valence-electron chi connectivity index (χ3n) is 4.67. The molecule has 108 valence electrons. The maximum absolute atomic E-state index is 14.0. The van der Waals surface area contributed by atoms with Crippen molar-refractivity contribution in [3.05, 3.63) is 34.1 Å². The zero-order chi connectivity index (χ0) is 14.1. The highest BCUT2D eigenvalue weighted by Gasteiger charge is 2.36. The summed E-state index contributed by atoms with van der Waals surface area (Å²) in [5, 5.41) is 0. The van der Waals surface area contributed by atoms with Crippen molar-refractivity contribution >= 4 is 21.8 Å². The first kappa shape index (κ1) is 14.1. The fourth-order valence-electron chi connectivity index (χ4n) is 3.69. The van der Waals surface area contributed by atoms with E-state index < -0.39 is 5.82 Å². The van der Waals surface area contributed by atoms with E-state index in [2.05, 4.69) is 15.9 Å². The Bertz CT molecular complexity index is 513. The summed E-state index contributed by atoms with van der Waals surface area (Å²) in [6, 6.07) is 5.02. The molecular formula is C16H19BrFNO. The second-order valence-corrected chi connectivity index (χ2v) is 6.79. The van der Waals surface area contributed by atoms with Crippen molar-refractivity contribution in [3.63, 3.8) is 0 Å². The predicted octanol–water partition coefficient (Wildman–Crippen LogP) is 4.38. The highest BCUT2D eigenvalue weighted by Crippen LogP contribution is 2.36. The van der Waals surface area contributed by atoms with Crippen molar-refractivity contribution < 1.29 is 9.18 Å². The molecule has 0 aromatic heterocycles. The SMILES string of the molecule is O=C(c1ccc(Br)cc1F)N1CCCC1C1CCCC1. The Kier molecular flexibility index (Phi) is 4.11. The summed E-state index contributed by atoms with van der Waals surface area (Å²) in [7, 11) is 0. The van der Waals surface area contributed by atoms with Crippen LogP contribution in [0.25, 0.3) is 0 Å². The number of amides is 1. The third-order valence-corrected chi connectivity index (χ3v) is 5.16. The Morgan fingerprint density at radius 3 is 2.65 bits per heavy atom. The molecule has 1 aromatic rings. The van der Waals surface area contributed by atoms with Crippen LogP contribution < -0.4 is 0 Å². The van der Waals surface area contributed by atoms with Gasteiger partial charge in [-0.15, -0.1) is 0 Å². The van der Waals surface area contributed by atoms with Gasteiger partial charge in [0, 0.05) is 17.1 Å². The minimum absolute atomic E-state index is 0.135. The number of benzene rings is 1. The highest BCUT2D eigenvalue weighted by atomic mass is 79.9. The molecule has 1 aromatic carbocycles. The molecule has 2 nitrogen and oxygen atoms in total. The van der Waals surface area contributed by atoms with Crippen LogP contribution in [0.3, 0.4) is 0 Å². The summed E-state index contributed by atoms with van der Waals surface area (Å²) in [5.74, 6) is 0.0609. The zero-order valence-corrected chi connectivity index (χ0v) is 13.0. The van der Waals surface area contributed by atoms with Crippen molar-refractivity contribution in [2.75, 3.05) is 6.54 Å². The summed E-state index contributed by atoms with van der Waals surface area (Å²) in [6.07, 6.45) is 7.11. The fourth-order valence-corrected chi connectivity index (χ4v) is 4.03. The number of halogens is 2. The van der Waals surface area contributed by atoms with Gasteiger partial charge in [0.25, 0.3) is 5.91 Å². The summed E-state index contributed by atoms with van der Waals surface area (Å²) >= 11 is 3.23. The first-order chi connectivity index (χ1) is 9.66. The van der Waals surface area contributed by atoms with E-state index in [0.29, 0.717) is 16.4 Å². The van der Waals surface area contributed by atoms with Gasteiger partial charge in [-0.05, 0) is 49.8 Å². The molecule has 1 aliphatic heterocycles. The lowest BCUT2D eigenvalue weighted by atomic mass is 9.95. The summed E-state index contributed by atoms with van der Waals surface area (Å²) in [5.41, 5.74) is 0.207. The molecule has 0 N–H and O–H groups in total. The van der Waals surface area contributed by atoms with Gasteiger partial charge in [-0.2, -0.15) is 0 Å². The molecule has 3 rings (SSSR count). The Morgan fingerprint density at radius 1 is 1.20 bits per heavy atom. The van der Waals surface area contributed by atoms with Gasteiger partial charge in [0.2, 0.25) is 0 Å². The molecule has 20 heavy (non-hydrogen) atoms. The van der Waals surface area contributed by atoms with Crippen LogP contribution in [0.5, 0.6) is 0 Å². The van der Waals surface area contributed by atoms with Gasteiger partial charge < -0.3 is 4.90 Å². The zero-order valence-electron chi connectivity index (χ0n) is 11.4. The maximum Gasteiger partial charge on any atom is 0.257 e. The standard InChI is InChI=1S/C16H19BrFNO/c17-12-7-8-13(14(18)10-12)16(20)19-9-3-6-15(19)11-4-1-2-5-11/h7-8,10-11,15H,1-6,9H2. The maximum atomic E-state index is 14.0. The van der Waals surface area contributed by atoms with Gasteiger partial charge in [-0.1, -0.05) is 28.8 Å². The van der Waals surface area contributed by atoms with Crippen molar-refractivity contribution in [3.8, 4) is 0 Å². The van der Waals surface area contributed by atoms with Crippen LogP contribution in [-0.2, 0) is 0 Å².